The lowest BCUT2D eigenvalue weighted by Gasteiger charge is -2.05. The first-order valence-corrected chi connectivity index (χ1v) is 9.14. The van der Waals surface area contributed by atoms with Crippen LogP contribution >= 0.6 is 11.3 Å². The summed E-state index contributed by atoms with van der Waals surface area (Å²) in [6.45, 7) is 0.390. The van der Waals surface area contributed by atoms with Crippen LogP contribution in [-0.2, 0) is 6.54 Å². The second kappa shape index (κ2) is 7.55. The molecule has 0 aliphatic rings. The first-order chi connectivity index (χ1) is 13.2. The molecule has 0 saturated heterocycles. The largest absolute Gasteiger partial charge is 0.447 e. The molecule has 0 spiro atoms. The van der Waals surface area contributed by atoms with E-state index in [0.717, 1.165) is 15.8 Å². The van der Waals surface area contributed by atoms with Crippen LogP contribution in [0.25, 0.3) is 10.9 Å². The Labute approximate surface area is 159 Å². The third-order valence-corrected chi connectivity index (χ3v) is 4.90. The summed E-state index contributed by atoms with van der Waals surface area (Å²) in [6.07, 6.45) is 1.72. The molecule has 4 nitrogen and oxygen atoms in total. The summed E-state index contributed by atoms with van der Waals surface area (Å²) in [7, 11) is 0. The van der Waals surface area contributed by atoms with Crippen molar-refractivity contribution in [2.45, 2.75) is 6.54 Å². The molecule has 0 saturated carbocycles. The van der Waals surface area contributed by atoms with Gasteiger partial charge in [0.2, 0.25) is 0 Å². The Morgan fingerprint density at radius 1 is 1.07 bits per heavy atom. The van der Waals surface area contributed by atoms with Crippen LogP contribution in [0.15, 0.2) is 72.9 Å². The smallest absolute Gasteiger partial charge is 0.251 e. The lowest BCUT2D eigenvalue weighted by Crippen LogP contribution is -2.22. The normalized spacial score (nSPS) is 10.7. The van der Waals surface area contributed by atoms with Crippen LogP contribution in [0, 0.1) is 5.82 Å². The maximum atomic E-state index is 13.2. The highest BCUT2D eigenvalue weighted by Crippen LogP contribution is 2.29. The van der Waals surface area contributed by atoms with Gasteiger partial charge in [0.25, 0.3) is 5.91 Å². The molecule has 0 unspecified atom stereocenters. The van der Waals surface area contributed by atoms with E-state index in [4.69, 9.17) is 4.74 Å². The van der Waals surface area contributed by atoms with E-state index in [9.17, 15) is 9.18 Å². The van der Waals surface area contributed by atoms with Gasteiger partial charge in [-0.25, -0.2) is 4.39 Å². The standard InChI is InChI=1S/C21H15FN2O2S/c22-16-4-1-5-17(12-16)26-20-9-7-18(27-20)13-24-21(25)15-6-8-19-14(11-15)3-2-10-23-19/h1-12H,13H2,(H,24,25). The molecule has 134 valence electrons. The van der Waals surface area contributed by atoms with Gasteiger partial charge in [-0.3, -0.25) is 9.78 Å². The van der Waals surface area contributed by atoms with E-state index in [2.05, 4.69) is 10.3 Å². The zero-order chi connectivity index (χ0) is 18.6. The van der Waals surface area contributed by atoms with Crippen LogP contribution in [-0.4, -0.2) is 10.9 Å². The predicted molar refractivity (Wildman–Crippen MR) is 104 cm³/mol. The lowest BCUT2D eigenvalue weighted by molar-refractivity contribution is 0.0951. The van der Waals surface area contributed by atoms with Crippen LogP contribution in [0.2, 0.25) is 0 Å². The van der Waals surface area contributed by atoms with Gasteiger partial charge in [0.05, 0.1) is 12.1 Å². The first kappa shape index (κ1) is 17.2. The Morgan fingerprint density at radius 3 is 2.89 bits per heavy atom. The van der Waals surface area contributed by atoms with Gasteiger partial charge in [0.1, 0.15) is 11.6 Å². The Bertz CT molecular complexity index is 1110. The van der Waals surface area contributed by atoms with Crippen LogP contribution in [0.4, 0.5) is 4.39 Å². The number of hydrogen-bond acceptors (Lipinski definition) is 4. The number of nitrogens with one attached hydrogen (secondary N) is 1. The molecule has 6 heteroatoms. The Hall–Kier alpha value is -3.25. The number of benzene rings is 2. The molecule has 1 amide bonds. The number of hydrogen-bond donors (Lipinski definition) is 1. The lowest BCUT2D eigenvalue weighted by atomic mass is 10.1. The van der Waals surface area contributed by atoms with E-state index >= 15 is 0 Å². The van der Waals surface area contributed by atoms with E-state index in [0.29, 0.717) is 22.9 Å². The number of carbonyl (C=O) groups is 1. The van der Waals surface area contributed by atoms with Crippen LogP contribution < -0.4 is 10.1 Å². The van der Waals surface area contributed by atoms with Gasteiger partial charge < -0.3 is 10.1 Å². The van der Waals surface area contributed by atoms with Crippen molar-refractivity contribution in [2.75, 3.05) is 0 Å². The zero-order valence-corrected chi connectivity index (χ0v) is 15.0. The van der Waals surface area contributed by atoms with E-state index in [1.165, 1.54) is 23.5 Å². The number of nitrogens with zero attached hydrogens (tertiary/aromatic N) is 1. The highest BCUT2D eigenvalue weighted by molar-refractivity contribution is 7.13. The summed E-state index contributed by atoms with van der Waals surface area (Å²) in [5.74, 6) is -0.0545. The number of amides is 1. The Kier molecular flexibility index (Phi) is 4.80. The minimum absolute atomic E-state index is 0.151. The molecular formula is C21H15FN2O2S. The van der Waals surface area contributed by atoms with Gasteiger partial charge in [0, 0.05) is 28.1 Å². The average molecular weight is 378 g/mol. The number of thiophene rings is 1. The Morgan fingerprint density at radius 2 is 2.00 bits per heavy atom. The van der Waals surface area contributed by atoms with Crippen LogP contribution in [0.5, 0.6) is 10.8 Å². The third-order valence-electron chi connectivity index (χ3n) is 3.94. The molecule has 0 atom stereocenters. The molecule has 0 aliphatic heterocycles. The van der Waals surface area contributed by atoms with Gasteiger partial charge in [-0.2, -0.15) is 0 Å². The highest BCUT2D eigenvalue weighted by Gasteiger charge is 2.08. The number of ether oxygens (including phenoxy) is 1. The zero-order valence-electron chi connectivity index (χ0n) is 14.2. The number of pyridine rings is 1. The number of rotatable bonds is 5. The molecule has 4 rings (SSSR count). The first-order valence-electron chi connectivity index (χ1n) is 8.32. The molecule has 0 bridgehead atoms. The predicted octanol–water partition coefficient (Wildman–Crippen LogP) is 5.16. The molecule has 27 heavy (non-hydrogen) atoms. The fourth-order valence-corrected chi connectivity index (χ4v) is 3.45. The van der Waals surface area contributed by atoms with Gasteiger partial charge in [-0.1, -0.05) is 12.1 Å². The van der Waals surface area contributed by atoms with Crippen molar-refractivity contribution in [2.24, 2.45) is 0 Å². The number of fused-ring (bicyclic) bond motifs is 1. The molecule has 0 fully saturated rings. The van der Waals surface area contributed by atoms with Gasteiger partial charge in [0.15, 0.2) is 5.06 Å². The maximum absolute atomic E-state index is 13.2. The van der Waals surface area contributed by atoms with Crippen molar-refractivity contribution in [1.82, 2.24) is 10.3 Å². The van der Waals surface area contributed by atoms with E-state index in [-0.39, 0.29) is 11.7 Å². The average Bonchev–Trinajstić information content (AvgIpc) is 3.13. The summed E-state index contributed by atoms with van der Waals surface area (Å²) in [4.78, 5) is 17.6. The molecule has 0 aliphatic carbocycles. The molecule has 2 aromatic carbocycles. The number of aromatic nitrogens is 1. The second-order valence-corrected chi connectivity index (χ2v) is 7.00. The van der Waals surface area contributed by atoms with E-state index < -0.39 is 0 Å². The van der Waals surface area contributed by atoms with Crippen molar-refractivity contribution < 1.29 is 13.9 Å². The van der Waals surface area contributed by atoms with Gasteiger partial charge in [-0.15, -0.1) is 11.3 Å². The molecule has 0 radical (unpaired) electrons. The summed E-state index contributed by atoms with van der Waals surface area (Å²) in [6, 6.07) is 18.9. The van der Waals surface area contributed by atoms with Crippen molar-refractivity contribution in [3.05, 3.63) is 89.2 Å². The summed E-state index contributed by atoms with van der Waals surface area (Å²) in [5, 5.41) is 4.47. The van der Waals surface area contributed by atoms with Gasteiger partial charge in [-0.05, 0) is 48.5 Å². The van der Waals surface area contributed by atoms with Crippen molar-refractivity contribution >= 4 is 28.1 Å². The Balaban J connectivity index is 1.39. The fraction of sp³-hybridized carbons (Fsp3) is 0.0476. The molecule has 1 N–H and O–H groups in total. The summed E-state index contributed by atoms with van der Waals surface area (Å²) >= 11 is 1.40. The third kappa shape index (κ3) is 4.12. The summed E-state index contributed by atoms with van der Waals surface area (Å²) in [5.41, 5.74) is 1.44. The number of carbonyl (C=O) groups excluding carboxylic acids is 1. The minimum atomic E-state index is -0.345. The van der Waals surface area contributed by atoms with Crippen molar-refractivity contribution in [3.8, 4) is 10.8 Å². The van der Waals surface area contributed by atoms with E-state index in [1.807, 2.05) is 30.3 Å². The minimum Gasteiger partial charge on any atom is -0.447 e. The highest BCUT2D eigenvalue weighted by atomic mass is 32.1. The SMILES string of the molecule is O=C(NCc1ccc(Oc2cccc(F)c2)s1)c1ccc2ncccc2c1. The molecular weight excluding hydrogens is 363 g/mol. The van der Waals surface area contributed by atoms with Crippen LogP contribution in [0.1, 0.15) is 15.2 Å². The molecule has 4 aromatic rings. The fourth-order valence-electron chi connectivity index (χ4n) is 2.64. The van der Waals surface area contributed by atoms with Crippen molar-refractivity contribution in [1.29, 1.82) is 0 Å². The molecule has 2 heterocycles. The van der Waals surface area contributed by atoms with Crippen LogP contribution in [0.3, 0.4) is 0 Å². The topological polar surface area (TPSA) is 51.2 Å². The monoisotopic (exact) mass is 378 g/mol. The maximum Gasteiger partial charge on any atom is 0.251 e. The summed E-state index contributed by atoms with van der Waals surface area (Å²) < 4.78 is 18.9. The second-order valence-electron chi connectivity index (χ2n) is 5.87. The molecule has 2 aromatic heterocycles. The van der Waals surface area contributed by atoms with Crippen molar-refractivity contribution in [3.63, 3.8) is 0 Å². The van der Waals surface area contributed by atoms with E-state index in [1.54, 1.807) is 30.5 Å². The quantitative estimate of drug-likeness (QED) is 0.522. The number of halogens is 1. The van der Waals surface area contributed by atoms with Gasteiger partial charge >= 0.3 is 0 Å².